The van der Waals surface area contributed by atoms with Crippen molar-refractivity contribution in [3.05, 3.63) is 71.0 Å². The molecule has 154 valence electrons. The second-order valence-corrected chi connectivity index (χ2v) is 6.75. The molecule has 0 saturated carbocycles. The van der Waals surface area contributed by atoms with E-state index >= 15 is 0 Å². The molecule has 2 aromatic heterocycles. The summed E-state index contributed by atoms with van der Waals surface area (Å²) in [4.78, 5) is 4.71. The highest BCUT2D eigenvalue weighted by atomic mass is 16.5. The van der Waals surface area contributed by atoms with Gasteiger partial charge in [0.1, 0.15) is 17.3 Å². The number of hydrogen-bond donors (Lipinski definition) is 2. The lowest BCUT2D eigenvalue weighted by Crippen LogP contribution is -2.39. The topological polar surface area (TPSA) is 84.8 Å². The van der Waals surface area contributed by atoms with Crippen LogP contribution in [0.25, 0.3) is 0 Å². The Labute approximate surface area is 171 Å². The van der Waals surface area contributed by atoms with Gasteiger partial charge in [0.25, 0.3) is 0 Å². The van der Waals surface area contributed by atoms with Gasteiger partial charge in [-0.2, -0.15) is 0 Å². The number of ether oxygens (including phenoxy) is 1. The summed E-state index contributed by atoms with van der Waals surface area (Å²) < 4.78 is 15.8. The number of benzene rings is 1. The van der Waals surface area contributed by atoms with Crippen molar-refractivity contribution >= 4 is 5.96 Å². The van der Waals surface area contributed by atoms with Crippen molar-refractivity contribution in [3.8, 4) is 5.75 Å². The first-order chi connectivity index (χ1) is 14.2. The van der Waals surface area contributed by atoms with Crippen molar-refractivity contribution in [2.75, 3.05) is 20.2 Å². The zero-order chi connectivity index (χ0) is 20.5. The van der Waals surface area contributed by atoms with E-state index in [1.165, 1.54) is 5.56 Å². The Balaban J connectivity index is 1.57. The van der Waals surface area contributed by atoms with Gasteiger partial charge in [-0.15, -0.1) is 0 Å². The van der Waals surface area contributed by atoms with Crippen molar-refractivity contribution in [2.45, 2.75) is 33.2 Å². The second kappa shape index (κ2) is 10.4. The van der Waals surface area contributed by atoms with Gasteiger partial charge in [-0.1, -0.05) is 17.3 Å². The lowest BCUT2D eigenvalue weighted by molar-refractivity contribution is 0.392. The minimum atomic E-state index is 0.514. The summed E-state index contributed by atoms with van der Waals surface area (Å²) in [6.07, 6.45) is 3.36. The van der Waals surface area contributed by atoms with Crippen LogP contribution >= 0.6 is 0 Å². The van der Waals surface area contributed by atoms with Gasteiger partial charge in [-0.25, -0.2) is 4.99 Å². The SMILES string of the molecule is COc1ccc(CCNC(=NCc2c(C)noc2C)NCCc2ccco2)cc1. The Hall–Kier alpha value is -3.22. The average Bonchev–Trinajstić information content (AvgIpc) is 3.36. The van der Waals surface area contributed by atoms with Gasteiger partial charge >= 0.3 is 0 Å². The summed E-state index contributed by atoms with van der Waals surface area (Å²) >= 11 is 0. The molecule has 0 saturated heterocycles. The van der Waals surface area contributed by atoms with E-state index in [0.717, 1.165) is 60.4 Å². The van der Waals surface area contributed by atoms with Crippen molar-refractivity contribution in [1.82, 2.24) is 15.8 Å². The molecule has 3 rings (SSSR count). The molecule has 0 aliphatic carbocycles. The predicted octanol–water partition coefficient (Wildman–Crippen LogP) is 3.41. The number of aliphatic imine (C=N–C) groups is 1. The average molecular weight is 396 g/mol. The lowest BCUT2D eigenvalue weighted by atomic mass is 10.1. The van der Waals surface area contributed by atoms with Crippen molar-refractivity contribution in [1.29, 1.82) is 0 Å². The Kier molecular flexibility index (Phi) is 7.33. The van der Waals surface area contributed by atoms with Crippen LogP contribution in [0.3, 0.4) is 0 Å². The number of aromatic nitrogens is 1. The molecular formula is C22H28N4O3. The molecule has 7 nitrogen and oxygen atoms in total. The van der Waals surface area contributed by atoms with Crippen molar-refractivity contribution in [2.24, 2.45) is 4.99 Å². The molecule has 0 radical (unpaired) electrons. The van der Waals surface area contributed by atoms with Gasteiger partial charge in [0, 0.05) is 25.1 Å². The van der Waals surface area contributed by atoms with Gasteiger partial charge in [0.05, 0.1) is 25.6 Å². The van der Waals surface area contributed by atoms with E-state index in [-0.39, 0.29) is 0 Å². The van der Waals surface area contributed by atoms with E-state index in [0.29, 0.717) is 6.54 Å². The molecule has 2 heterocycles. The fourth-order valence-corrected chi connectivity index (χ4v) is 2.94. The summed E-state index contributed by atoms with van der Waals surface area (Å²) in [6, 6.07) is 12.0. The molecule has 29 heavy (non-hydrogen) atoms. The first-order valence-corrected chi connectivity index (χ1v) is 9.75. The van der Waals surface area contributed by atoms with Crippen LogP contribution in [0, 0.1) is 13.8 Å². The summed E-state index contributed by atoms with van der Waals surface area (Å²) in [5.41, 5.74) is 3.13. The molecule has 0 bridgehead atoms. The van der Waals surface area contributed by atoms with Crippen LogP contribution in [-0.2, 0) is 19.4 Å². The number of furan rings is 1. The normalized spacial score (nSPS) is 11.5. The maximum Gasteiger partial charge on any atom is 0.191 e. The van der Waals surface area contributed by atoms with Crippen LogP contribution in [0.2, 0.25) is 0 Å². The molecule has 0 spiro atoms. The first kappa shape index (κ1) is 20.5. The predicted molar refractivity (Wildman–Crippen MR) is 112 cm³/mol. The fraction of sp³-hybridized carbons (Fsp3) is 0.364. The van der Waals surface area contributed by atoms with Crippen LogP contribution in [0.15, 0.2) is 56.6 Å². The standard InChI is InChI=1S/C22H28N4O3/c1-16-21(17(2)29-26-16)15-25-22(24-13-11-20-5-4-14-28-20)23-12-10-18-6-8-19(27-3)9-7-18/h4-9,14H,10-13,15H2,1-3H3,(H2,23,24,25). The highest BCUT2D eigenvalue weighted by Gasteiger charge is 2.09. The third-order valence-corrected chi connectivity index (χ3v) is 4.69. The highest BCUT2D eigenvalue weighted by Crippen LogP contribution is 2.13. The zero-order valence-electron chi connectivity index (χ0n) is 17.2. The van der Waals surface area contributed by atoms with E-state index in [4.69, 9.17) is 18.7 Å². The summed E-state index contributed by atoms with van der Waals surface area (Å²) in [7, 11) is 1.67. The summed E-state index contributed by atoms with van der Waals surface area (Å²) in [5.74, 6) is 3.37. The van der Waals surface area contributed by atoms with Crippen LogP contribution in [-0.4, -0.2) is 31.3 Å². The van der Waals surface area contributed by atoms with Gasteiger partial charge in [-0.05, 0) is 50.1 Å². The molecule has 0 amide bonds. The fourth-order valence-electron chi connectivity index (χ4n) is 2.94. The maximum absolute atomic E-state index is 5.39. The monoisotopic (exact) mass is 396 g/mol. The van der Waals surface area contributed by atoms with Gasteiger partial charge in [0.2, 0.25) is 0 Å². The molecule has 1 aromatic carbocycles. The molecule has 0 atom stereocenters. The van der Waals surface area contributed by atoms with E-state index in [9.17, 15) is 0 Å². The van der Waals surface area contributed by atoms with E-state index in [1.54, 1.807) is 13.4 Å². The molecule has 0 fully saturated rings. The molecule has 2 N–H and O–H groups in total. The molecule has 7 heteroatoms. The minimum Gasteiger partial charge on any atom is -0.497 e. The summed E-state index contributed by atoms with van der Waals surface area (Å²) in [6.45, 7) is 5.85. The van der Waals surface area contributed by atoms with Crippen molar-refractivity contribution in [3.63, 3.8) is 0 Å². The quantitative estimate of drug-likeness (QED) is 0.426. The summed E-state index contributed by atoms with van der Waals surface area (Å²) in [5, 5.41) is 10.8. The number of methoxy groups -OCH3 is 1. The number of nitrogens with one attached hydrogen (secondary N) is 2. The molecule has 0 unspecified atom stereocenters. The Morgan fingerprint density at radius 2 is 1.83 bits per heavy atom. The third-order valence-electron chi connectivity index (χ3n) is 4.69. The highest BCUT2D eigenvalue weighted by molar-refractivity contribution is 5.79. The molecule has 0 aliphatic rings. The Morgan fingerprint density at radius 1 is 1.07 bits per heavy atom. The second-order valence-electron chi connectivity index (χ2n) is 6.75. The number of aryl methyl sites for hydroxylation is 2. The van der Waals surface area contributed by atoms with Crippen LogP contribution in [0.4, 0.5) is 0 Å². The minimum absolute atomic E-state index is 0.514. The first-order valence-electron chi connectivity index (χ1n) is 9.75. The number of nitrogens with zero attached hydrogens (tertiary/aromatic N) is 2. The van der Waals surface area contributed by atoms with E-state index in [2.05, 4.69) is 27.9 Å². The van der Waals surface area contributed by atoms with Crippen LogP contribution in [0.5, 0.6) is 5.75 Å². The van der Waals surface area contributed by atoms with Crippen LogP contribution in [0.1, 0.15) is 28.3 Å². The van der Waals surface area contributed by atoms with Crippen molar-refractivity contribution < 1.29 is 13.7 Å². The zero-order valence-corrected chi connectivity index (χ0v) is 17.2. The van der Waals surface area contributed by atoms with E-state index in [1.807, 2.05) is 38.1 Å². The molecule has 3 aromatic rings. The number of rotatable bonds is 9. The van der Waals surface area contributed by atoms with Gasteiger partial charge in [-0.3, -0.25) is 0 Å². The maximum atomic E-state index is 5.39. The van der Waals surface area contributed by atoms with E-state index < -0.39 is 0 Å². The largest absolute Gasteiger partial charge is 0.497 e. The van der Waals surface area contributed by atoms with Gasteiger partial charge < -0.3 is 24.3 Å². The smallest absolute Gasteiger partial charge is 0.191 e. The number of hydrogen-bond acceptors (Lipinski definition) is 5. The van der Waals surface area contributed by atoms with Crippen LogP contribution < -0.4 is 15.4 Å². The van der Waals surface area contributed by atoms with Gasteiger partial charge in [0.15, 0.2) is 5.96 Å². The Morgan fingerprint density at radius 3 is 2.45 bits per heavy atom. The molecule has 0 aliphatic heterocycles. The third kappa shape index (κ3) is 6.14. The lowest BCUT2D eigenvalue weighted by Gasteiger charge is -2.12. The number of guanidine groups is 1. The molecular weight excluding hydrogens is 368 g/mol. The Bertz CT molecular complexity index is 879.